The number of nitrogens with zero attached hydrogens (tertiary/aromatic N) is 7. The predicted octanol–water partition coefficient (Wildman–Crippen LogP) is 8.51. The fraction of sp³-hybridized carbons (Fsp3) is 0.289. The van der Waals surface area contributed by atoms with E-state index in [1.54, 1.807) is 24.3 Å². The van der Waals surface area contributed by atoms with Crippen molar-refractivity contribution >= 4 is 56.9 Å². The van der Waals surface area contributed by atoms with Crippen LogP contribution in [0.1, 0.15) is 49.1 Å². The van der Waals surface area contributed by atoms with Crippen molar-refractivity contribution in [2.75, 3.05) is 10.6 Å². The van der Waals surface area contributed by atoms with Gasteiger partial charge in [-0.05, 0) is 92.6 Å². The van der Waals surface area contributed by atoms with Crippen LogP contribution in [0, 0.1) is 17.2 Å². The van der Waals surface area contributed by atoms with Crippen LogP contribution in [0.2, 0.25) is 10.0 Å². The monoisotopic (exact) mass is 825 g/mol. The molecule has 2 saturated carbocycles. The van der Waals surface area contributed by atoms with Crippen molar-refractivity contribution in [3.8, 4) is 17.4 Å². The molecule has 2 N–H and O–H groups in total. The molecule has 0 amide bonds. The first kappa shape index (κ1) is 38.2. The Morgan fingerprint density at radius 3 is 1.84 bits per heavy atom. The van der Waals surface area contributed by atoms with E-state index in [0.717, 1.165) is 27.7 Å². The molecule has 57 heavy (non-hydrogen) atoms. The standard InChI is InChI=1S/C38H27Cl2F6N9O2/c39-24-4-1-2-5-26(24)54-33-23(8-11-29(50-33)38(44,45)46)31(52-35(54)57)53-36(12-3-13-36)17-19-6-9-27(25(40)16-19)55-32-22(7-10-28(49-32)37(41,42)43)30(51-34(55)56)48-21-14-20(15-21)18-47/h1-2,4-11,16,20-21H,3,12-15,17H2,(H,48,51,56)(H,52,53,57). The highest BCUT2D eigenvalue weighted by atomic mass is 35.5. The molecule has 0 unspecified atom stereocenters. The molecule has 2 aliphatic carbocycles. The fourth-order valence-electron chi connectivity index (χ4n) is 7.26. The van der Waals surface area contributed by atoms with Crippen LogP contribution in [-0.4, -0.2) is 40.7 Å². The third-order valence-corrected chi connectivity index (χ3v) is 10.9. The van der Waals surface area contributed by atoms with E-state index in [-0.39, 0.29) is 73.5 Å². The summed E-state index contributed by atoms with van der Waals surface area (Å²) in [5, 5.41) is 15.9. The number of benzene rings is 2. The Hall–Kier alpha value is -5.73. The van der Waals surface area contributed by atoms with Gasteiger partial charge in [-0.25, -0.2) is 28.7 Å². The van der Waals surface area contributed by atoms with Gasteiger partial charge in [0.1, 0.15) is 23.0 Å². The molecule has 0 aliphatic heterocycles. The quantitative estimate of drug-likeness (QED) is 0.144. The maximum atomic E-state index is 13.9. The van der Waals surface area contributed by atoms with Crippen molar-refractivity contribution in [3.05, 3.63) is 115 Å². The summed E-state index contributed by atoms with van der Waals surface area (Å²) < 4.78 is 84.9. The first-order valence-electron chi connectivity index (χ1n) is 17.5. The highest BCUT2D eigenvalue weighted by molar-refractivity contribution is 6.32. The van der Waals surface area contributed by atoms with Gasteiger partial charge in [-0.15, -0.1) is 0 Å². The lowest BCUT2D eigenvalue weighted by Gasteiger charge is -2.43. The summed E-state index contributed by atoms with van der Waals surface area (Å²) in [4.78, 5) is 43.1. The van der Waals surface area contributed by atoms with Gasteiger partial charge in [-0.1, -0.05) is 41.4 Å². The summed E-state index contributed by atoms with van der Waals surface area (Å²) in [5.41, 5.74) is -4.94. The van der Waals surface area contributed by atoms with Crippen LogP contribution in [0.3, 0.4) is 0 Å². The van der Waals surface area contributed by atoms with Crippen molar-refractivity contribution in [1.29, 1.82) is 5.26 Å². The van der Waals surface area contributed by atoms with E-state index < -0.39 is 40.7 Å². The molecular formula is C38H27Cl2F6N9O2. The van der Waals surface area contributed by atoms with Gasteiger partial charge < -0.3 is 10.6 Å². The molecule has 4 aromatic heterocycles. The Morgan fingerprint density at radius 2 is 1.32 bits per heavy atom. The second-order valence-electron chi connectivity index (χ2n) is 14.1. The molecule has 2 aromatic carbocycles. The molecule has 11 nitrogen and oxygen atoms in total. The smallest absolute Gasteiger partial charge is 0.366 e. The average molecular weight is 827 g/mol. The number of pyridine rings is 2. The highest BCUT2D eigenvalue weighted by Gasteiger charge is 2.39. The van der Waals surface area contributed by atoms with Crippen LogP contribution in [0.5, 0.6) is 0 Å². The second kappa shape index (κ2) is 14.0. The summed E-state index contributed by atoms with van der Waals surface area (Å²) >= 11 is 13.1. The van der Waals surface area contributed by atoms with Gasteiger partial charge in [-0.2, -0.15) is 41.6 Å². The van der Waals surface area contributed by atoms with E-state index in [1.165, 1.54) is 30.3 Å². The van der Waals surface area contributed by atoms with E-state index in [4.69, 9.17) is 28.5 Å². The van der Waals surface area contributed by atoms with E-state index in [0.29, 0.717) is 31.2 Å². The highest BCUT2D eigenvalue weighted by Crippen LogP contribution is 2.41. The Labute approximate surface area is 327 Å². The number of hydrogen-bond donors (Lipinski definition) is 2. The van der Waals surface area contributed by atoms with Crippen LogP contribution in [0.25, 0.3) is 33.4 Å². The number of halogens is 8. The van der Waals surface area contributed by atoms with E-state index in [9.17, 15) is 35.9 Å². The first-order valence-corrected chi connectivity index (χ1v) is 18.3. The van der Waals surface area contributed by atoms with Crippen LogP contribution >= 0.6 is 23.2 Å². The van der Waals surface area contributed by atoms with Gasteiger partial charge in [0.05, 0.1) is 44.2 Å². The molecule has 6 aromatic rings. The third-order valence-electron chi connectivity index (χ3n) is 10.3. The zero-order chi connectivity index (χ0) is 40.4. The van der Waals surface area contributed by atoms with Crippen LogP contribution in [0.15, 0.2) is 76.3 Å². The Balaban J connectivity index is 1.15. The number of alkyl halides is 6. The summed E-state index contributed by atoms with van der Waals surface area (Å²) in [7, 11) is 0. The Kier molecular flexibility index (Phi) is 9.39. The fourth-order valence-corrected chi connectivity index (χ4v) is 7.76. The first-order chi connectivity index (χ1) is 27.0. The number of nitriles is 1. The molecule has 8 rings (SSSR count). The summed E-state index contributed by atoms with van der Waals surface area (Å²) in [6, 6.07) is 16.7. The summed E-state index contributed by atoms with van der Waals surface area (Å²) in [6.45, 7) is 0. The Morgan fingerprint density at radius 1 is 0.754 bits per heavy atom. The molecule has 0 radical (unpaired) electrons. The lowest BCUT2D eigenvalue weighted by atomic mass is 9.72. The SMILES string of the molecule is N#CC1CC(Nc2nc(=O)n(-c3ccc(CC4(Nc5nc(=O)n(-c6ccccc6Cl)c6nc(C(F)(F)F)ccc56)CCC4)cc3Cl)c3nc(C(F)(F)F)ccc23)C1. The molecule has 0 atom stereocenters. The van der Waals surface area contributed by atoms with Gasteiger partial charge in [0.2, 0.25) is 0 Å². The Bertz CT molecular complexity index is 2750. The maximum absolute atomic E-state index is 13.9. The van der Waals surface area contributed by atoms with Crippen molar-refractivity contribution in [3.63, 3.8) is 0 Å². The average Bonchev–Trinajstić information content (AvgIpc) is 3.12. The number of hydrogen-bond acceptors (Lipinski definition) is 9. The number of para-hydroxylation sites is 1. The summed E-state index contributed by atoms with van der Waals surface area (Å²) in [5.74, 6) is -0.140. The van der Waals surface area contributed by atoms with Crippen molar-refractivity contribution in [1.82, 2.24) is 29.1 Å². The molecule has 19 heteroatoms. The number of aromatic nitrogens is 6. The van der Waals surface area contributed by atoms with Gasteiger partial charge in [-0.3, -0.25) is 0 Å². The number of anilines is 2. The minimum Gasteiger partial charge on any atom is -0.366 e. The van der Waals surface area contributed by atoms with Crippen LogP contribution in [0.4, 0.5) is 38.0 Å². The summed E-state index contributed by atoms with van der Waals surface area (Å²) in [6.07, 6.45) is -6.50. The topological polar surface area (TPSA) is 143 Å². The lowest BCUT2D eigenvalue weighted by Crippen LogP contribution is -2.47. The van der Waals surface area contributed by atoms with E-state index in [1.807, 2.05) is 0 Å². The van der Waals surface area contributed by atoms with Gasteiger partial charge >= 0.3 is 23.7 Å². The number of rotatable bonds is 8. The third kappa shape index (κ3) is 7.12. The normalized spacial score (nSPS) is 17.8. The molecular weight excluding hydrogens is 799 g/mol. The molecule has 292 valence electrons. The van der Waals surface area contributed by atoms with Crippen LogP contribution < -0.4 is 22.0 Å². The van der Waals surface area contributed by atoms with Gasteiger partial charge in [0.25, 0.3) is 0 Å². The minimum atomic E-state index is -4.82. The van der Waals surface area contributed by atoms with Gasteiger partial charge in [0.15, 0.2) is 11.3 Å². The molecule has 0 saturated heterocycles. The zero-order valence-corrected chi connectivity index (χ0v) is 30.7. The largest absolute Gasteiger partial charge is 0.433 e. The van der Waals surface area contributed by atoms with Crippen molar-refractivity contribution in [2.45, 2.75) is 62.5 Å². The molecule has 0 bridgehead atoms. The molecule has 2 fully saturated rings. The van der Waals surface area contributed by atoms with Crippen molar-refractivity contribution in [2.24, 2.45) is 5.92 Å². The molecule has 2 aliphatic rings. The molecule has 0 spiro atoms. The zero-order valence-electron chi connectivity index (χ0n) is 29.2. The van der Waals surface area contributed by atoms with Gasteiger partial charge in [0, 0.05) is 11.6 Å². The lowest BCUT2D eigenvalue weighted by molar-refractivity contribution is -0.141. The number of nitrogens with one attached hydrogen (secondary N) is 2. The predicted molar refractivity (Wildman–Crippen MR) is 200 cm³/mol. The molecule has 4 heterocycles. The van der Waals surface area contributed by atoms with Crippen LogP contribution in [-0.2, 0) is 18.8 Å². The maximum Gasteiger partial charge on any atom is 0.433 e. The van der Waals surface area contributed by atoms with E-state index >= 15 is 0 Å². The van der Waals surface area contributed by atoms with Crippen molar-refractivity contribution < 1.29 is 26.3 Å². The van der Waals surface area contributed by atoms with E-state index in [2.05, 4.69) is 36.6 Å². The number of fused-ring (bicyclic) bond motifs is 2. The second-order valence-corrected chi connectivity index (χ2v) is 14.9. The minimum absolute atomic E-state index is 0.00209.